The molecule has 0 saturated heterocycles. The van der Waals surface area contributed by atoms with Crippen molar-refractivity contribution in [3.05, 3.63) is 12.2 Å². The van der Waals surface area contributed by atoms with E-state index in [1.807, 2.05) is 0 Å². The summed E-state index contributed by atoms with van der Waals surface area (Å²) in [5, 5.41) is 14.8. The van der Waals surface area contributed by atoms with Crippen LogP contribution in [0.25, 0.3) is 0 Å². The summed E-state index contributed by atoms with van der Waals surface area (Å²) >= 11 is 0. The molecule has 0 fully saturated rings. The molecule has 0 aromatic carbocycles. The summed E-state index contributed by atoms with van der Waals surface area (Å²) in [6.45, 7) is 4.35. The van der Waals surface area contributed by atoms with E-state index in [0.29, 0.717) is 0 Å². The zero-order chi connectivity index (χ0) is 12.8. The van der Waals surface area contributed by atoms with Gasteiger partial charge in [-0.05, 0) is 19.8 Å². The molecule has 0 spiro atoms. The van der Waals surface area contributed by atoms with Crippen LogP contribution in [0.5, 0.6) is 0 Å². The molecule has 0 aromatic rings. The molecule has 0 bridgehead atoms. The Bertz CT molecular complexity index is 197. The second kappa shape index (κ2) is 13.7. The zero-order valence-electron chi connectivity index (χ0n) is 10.1. The molecule has 2 N–H and O–H groups in total. The number of allylic oxidation sites excluding steroid dienone is 2. The minimum atomic E-state index is -1.82. The SMILES string of the molecule is CC=CCCCCCCC.O=C(O)C(=O)O. The van der Waals surface area contributed by atoms with E-state index in [1.165, 1.54) is 38.5 Å². The Morgan fingerprint density at radius 1 is 1.00 bits per heavy atom. The van der Waals surface area contributed by atoms with Crippen LogP contribution in [0.4, 0.5) is 0 Å². The third-order valence-corrected chi connectivity index (χ3v) is 1.89. The molecule has 4 heteroatoms. The average Bonchev–Trinajstić information content (AvgIpc) is 2.24. The number of hydrogen-bond acceptors (Lipinski definition) is 2. The first-order valence-electron chi connectivity index (χ1n) is 5.63. The van der Waals surface area contributed by atoms with Crippen molar-refractivity contribution in [3.63, 3.8) is 0 Å². The van der Waals surface area contributed by atoms with E-state index in [9.17, 15) is 0 Å². The standard InChI is InChI=1S/C10H20.C2H2O4/c1-3-5-7-9-10-8-6-4-2;3-1(4)2(5)6/h3,5H,4,6-10H2,1-2H3;(H,3,4)(H,5,6). The minimum absolute atomic E-state index is 1.28. The van der Waals surface area contributed by atoms with Gasteiger partial charge in [-0.15, -0.1) is 0 Å². The number of hydrogen-bond donors (Lipinski definition) is 2. The summed E-state index contributed by atoms with van der Waals surface area (Å²) in [6, 6.07) is 0. The van der Waals surface area contributed by atoms with E-state index >= 15 is 0 Å². The Kier molecular flexibility index (Phi) is 14.6. The Labute approximate surface area is 97.0 Å². The van der Waals surface area contributed by atoms with Crippen LogP contribution in [0, 0.1) is 0 Å². The highest BCUT2D eigenvalue weighted by Crippen LogP contribution is 2.04. The number of carboxylic acids is 2. The van der Waals surface area contributed by atoms with Crippen molar-refractivity contribution in [1.29, 1.82) is 0 Å². The monoisotopic (exact) mass is 230 g/mol. The predicted molar refractivity (Wildman–Crippen MR) is 63.5 cm³/mol. The molecule has 94 valence electrons. The van der Waals surface area contributed by atoms with E-state index in [0.717, 1.165) is 0 Å². The molecule has 0 aliphatic heterocycles. The number of rotatable bonds is 6. The first-order valence-corrected chi connectivity index (χ1v) is 5.63. The molecule has 0 heterocycles. The largest absolute Gasteiger partial charge is 0.473 e. The van der Waals surface area contributed by atoms with Crippen LogP contribution in [0.3, 0.4) is 0 Å². The molecule has 0 aliphatic rings. The molecule has 0 unspecified atom stereocenters. The molecular weight excluding hydrogens is 208 g/mol. The number of carboxylic acid groups (broad SMARTS) is 2. The summed E-state index contributed by atoms with van der Waals surface area (Å²) in [6.07, 6.45) is 12.7. The van der Waals surface area contributed by atoms with E-state index in [2.05, 4.69) is 26.0 Å². The van der Waals surface area contributed by atoms with Gasteiger partial charge >= 0.3 is 11.9 Å². The van der Waals surface area contributed by atoms with Gasteiger partial charge in [0.2, 0.25) is 0 Å². The van der Waals surface area contributed by atoms with Gasteiger partial charge in [-0.3, -0.25) is 0 Å². The smallest absolute Gasteiger partial charge is 0.414 e. The van der Waals surface area contributed by atoms with Gasteiger partial charge in [0.25, 0.3) is 0 Å². The van der Waals surface area contributed by atoms with Crippen molar-refractivity contribution in [2.75, 3.05) is 0 Å². The highest BCUT2D eigenvalue weighted by Gasteiger charge is 2.04. The minimum Gasteiger partial charge on any atom is -0.473 e. The average molecular weight is 230 g/mol. The van der Waals surface area contributed by atoms with Gasteiger partial charge in [-0.2, -0.15) is 0 Å². The topological polar surface area (TPSA) is 74.6 Å². The van der Waals surface area contributed by atoms with E-state index < -0.39 is 11.9 Å². The summed E-state index contributed by atoms with van der Waals surface area (Å²) in [5.74, 6) is -3.65. The molecule has 0 saturated carbocycles. The second-order valence-electron chi connectivity index (χ2n) is 3.38. The van der Waals surface area contributed by atoms with Gasteiger partial charge in [0, 0.05) is 0 Å². The fourth-order valence-electron chi connectivity index (χ4n) is 1.03. The fourth-order valence-corrected chi connectivity index (χ4v) is 1.03. The summed E-state index contributed by atoms with van der Waals surface area (Å²) in [4.78, 5) is 18.2. The Morgan fingerprint density at radius 2 is 1.50 bits per heavy atom. The molecule has 0 amide bonds. The van der Waals surface area contributed by atoms with Crippen LogP contribution in [0.15, 0.2) is 12.2 Å². The quantitative estimate of drug-likeness (QED) is 0.417. The van der Waals surface area contributed by atoms with Gasteiger partial charge in [-0.1, -0.05) is 44.8 Å². The van der Waals surface area contributed by atoms with Gasteiger partial charge in [0.15, 0.2) is 0 Å². The molecular formula is C12H22O4. The Balaban J connectivity index is 0. The van der Waals surface area contributed by atoms with Crippen molar-refractivity contribution in [1.82, 2.24) is 0 Å². The van der Waals surface area contributed by atoms with Crippen LogP contribution >= 0.6 is 0 Å². The zero-order valence-corrected chi connectivity index (χ0v) is 10.1. The Hall–Kier alpha value is -1.32. The van der Waals surface area contributed by atoms with Crippen molar-refractivity contribution in [2.24, 2.45) is 0 Å². The molecule has 16 heavy (non-hydrogen) atoms. The summed E-state index contributed by atoms with van der Waals surface area (Å²) in [7, 11) is 0. The van der Waals surface area contributed by atoms with Crippen LogP contribution in [-0.2, 0) is 9.59 Å². The number of carbonyl (C=O) groups is 2. The van der Waals surface area contributed by atoms with Gasteiger partial charge in [0.1, 0.15) is 0 Å². The van der Waals surface area contributed by atoms with Crippen LogP contribution in [-0.4, -0.2) is 22.2 Å². The lowest BCUT2D eigenvalue weighted by Crippen LogP contribution is -2.09. The third kappa shape index (κ3) is 18.5. The van der Waals surface area contributed by atoms with E-state index in [4.69, 9.17) is 19.8 Å². The molecule has 0 radical (unpaired) electrons. The van der Waals surface area contributed by atoms with E-state index in [-0.39, 0.29) is 0 Å². The number of unbranched alkanes of at least 4 members (excludes halogenated alkanes) is 5. The van der Waals surface area contributed by atoms with Gasteiger partial charge in [0.05, 0.1) is 0 Å². The highest BCUT2D eigenvalue weighted by atomic mass is 16.4. The van der Waals surface area contributed by atoms with Crippen molar-refractivity contribution in [3.8, 4) is 0 Å². The molecule has 0 aliphatic carbocycles. The molecule has 4 nitrogen and oxygen atoms in total. The first-order chi connectivity index (χ1) is 7.56. The van der Waals surface area contributed by atoms with Crippen LogP contribution < -0.4 is 0 Å². The van der Waals surface area contributed by atoms with Gasteiger partial charge < -0.3 is 10.2 Å². The maximum Gasteiger partial charge on any atom is 0.414 e. The van der Waals surface area contributed by atoms with Crippen LogP contribution in [0.2, 0.25) is 0 Å². The van der Waals surface area contributed by atoms with E-state index in [1.54, 1.807) is 0 Å². The lowest BCUT2D eigenvalue weighted by molar-refractivity contribution is -0.159. The van der Waals surface area contributed by atoms with Crippen molar-refractivity contribution >= 4 is 11.9 Å². The van der Waals surface area contributed by atoms with Crippen LogP contribution in [0.1, 0.15) is 52.4 Å². The first kappa shape index (κ1) is 17.1. The molecule has 0 aromatic heterocycles. The molecule has 0 rings (SSSR count). The maximum atomic E-state index is 9.10. The maximum absolute atomic E-state index is 9.10. The fraction of sp³-hybridized carbons (Fsp3) is 0.667. The lowest BCUT2D eigenvalue weighted by Gasteiger charge is -1.95. The summed E-state index contributed by atoms with van der Waals surface area (Å²) in [5.41, 5.74) is 0. The van der Waals surface area contributed by atoms with Crippen molar-refractivity contribution in [2.45, 2.75) is 52.4 Å². The highest BCUT2D eigenvalue weighted by molar-refractivity contribution is 6.27. The lowest BCUT2D eigenvalue weighted by atomic mass is 10.1. The number of aliphatic carboxylic acids is 2. The third-order valence-electron chi connectivity index (χ3n) is 1.89. The predicted octanol–water partition coefficient (Wildman–Crippen LogP) is 3.08. The summed E-state index contributed by atoms with van der Waals surface area (Å²) < 4.78 is 0. The Morgan fingerprint density at radius 3 is 1.88 bits per heavy atom. The van der Waals surface area contributed by atoms with Crippen molar-refractivity contribution < 1.29 is 19.8 Å². The van der Waals surface area contributed by atoms with Gasteiger partial charge in [-0.25, -0.2) is 9.59 Å². The normalized spacial score (nSPS) is 9.62. The second-order valence-corrected chi connectivity index (χ2v) is 3.38. The molecule has 0 atom stereocenters.